The number of nitrogens with one attached hydrogen (secondary N) is 2. The molecule has 0 aliphatic carbocycles. The maximum Gasteiger partial charge on any atom is 0.224 e. The number of nitriles is 1. The molecule has 1 fully saturated rings. The molecule has 15 heavy (non-hydrogen) atoms. The number of carbonyl (C=O) groups is 1. The average molecular weight is 209 g/mol. The first-order valence-corrected chi connectivity index (χ1v) is 5.61. The van der Waals surface area contributed by atoms with Crippen molar-refractivity contribution in [2.75, 3.05) is 19.6 Å². The molecule has 1 amide bonds. The SMILES string of the molecule is C[C@@H]1CNC[C@H]1C(=O)NCCCCC#N. The van der Waals surface area contributed by atoms with Crippen molar-refractivity contribution in [1.29, 1.82) is 5.26 Å². The van der Waals surface area contributed by atoms with Gasteiger partial charge in [0.15, 0.2) is 0 Å². The molecule has 1 aliphatic heterocycles. The molecule has 0 aromatic heterocycles. The van der Waals surface area contributed by atoms with Crippen LogP contribution in [0, 0.1) is 23.2 Å². The van der Waals surface area contributed by atoms with Crippen LogP contribution in [0.5, 0.6) is 0 Å². The third-order valence-corrected chi connectivity index (χ3v) is 2.87. The third kappa shape index (κ3) is 3.88. The highest BCUT2D eigenvalue weighted by atomic mass is 16.1. The molecule has 2 N–H and O–H groups in total. The molecule has 1 saturated heterocycles. The van der Waals surface area contributed by atoms with Gasteiger partial charge in [-0.25, -0.2) is 0 Å². The predicted octanol–water partition coefficient (Wildman–Crippen LogP) is 0.652. The van der Waals surface area contributed by atoms with E-state index in [1.54, 1.807) is 0 Å². The van der Waals surface area contributed by atoms with E-state index in [2.05, 4.69) is 23.6 Å². The van der Waals surface area contributed by atoms with Crippen LogP contribution in [-0.2, 0) is 4.79 Å². The van der Waals surface area contributed by atoms with Crippen LogP contribution in [0.1, 0.15) is 26.2 Å². The summed E-state index contributed by atoms with van der Waals surface area (Å²) in [5.41, 5.74) is 0. The first-order chi connectivity index (χ1) is 7.25. The number of hydrogen-bond donors (Lipinski definition) is 2. The Labute approximate surface area is 91.0 Å². The Morgan fingerprint density at radius 2 is 2.33 bits per heavy atom. The largest absolute Gasteiger partial charge is 0.356 e. The molecule has 2 atom stereocenters. The van der Waals surface area contributed by atoms with Gasteiger partial charge in [0.1, 0.15) is 0 Å². The maximum atomic E-state index is 11.7. The summed E-state index contributed by atoms with van der Waals surface area (Å²) < 4.78 is 0. The van der Waals surface area contributed by atoms with Crippen molar-refractivity contribution in [3.05, 3.63) is 0 Å². The third-order valence-electron chi connectivity index (χ3n) is 2.87. The van der Waals surface area contributed by atoms with Crippen LogP contribution >= 0.6 is 0 Å². The molecule has 1 heterocycles. The fraction of sp³-hybridized carbons (Fsp3) is 0.818. The lowest BCUT2D eigenvalue weighted by Crippen LogP contribution is -2.34. The smallest absolute Gasteiger partial charge is 0.224 e. The fourth-order valence-corrected chi connectivity index (χ4v) is 1.83. The summed E-state index contributed by atoms with van der Waals surface area (Å²) in [6.45, 7) is 4.53. The lowest BCUT2D eigenvalue weighted by Gasteiger charge is -2.13. The van der Waals surface area contributed by atoms with Crippen LogP contribution < -0.4 is 10.6 Å². The molecule has 0 aromatic carbocycles. The standard InChI is InChI=1S/C11H19N3O/c1-9-7-13-8-10(9)11(15)14-6-4-2-3-5-12/h9-10,13H,2-4,6-8H2,1H3,(H,14,15)/t9-,10-/m1/s1. The van der Waals surface area contributed by atoms with Crippen LogP contribution in [0.15, 0.2) is 0 Å². The van der Waals surface area contributed by atoms with Crippen LogP contribution in [0.4, 0.5) is 0 Å². The van der Waals surface area contributed by atoms with Gasteiger partial charge in [-0.05, 0) is 25.3 Å². The van der Waals surface area contributed by atoms with E-state index in [4.69, 9.17) is 5.26 Å². The van der Waals surface area contributed by atoms with Gasteiger partial charge in [-0.2, -0.15) is 5.26 Å². The van der Waals surface area contributed by atoms with Gasteiger partial charge in [-0.15, -0.1) is 0 Å². The average Bonchev–Trinajstić information content (AvgIpc) is 2.64. The van der Waals surface area contributed by atoms with E-state index in [0.29, 0.717) is 18.9 Å². The summed E-state index contributed by atoms with van der Waals surface area (Å²) in [7, 11) is 0. The molecule has 84 valence electrons. The number of unbranched alkanes of at least 4 members (excludes halogenated alkanes) is 2. The predicted molar refractivity (Wildman–Crippen MR) is 58.0 cm³/mol. The van der Waals surface area contributed by atoms with E-state index in [1.165, 1.54) is 0 Å². The highest BCUT2D eigenvalue weighted by Crippen LogP contribution is 2.15. The van der Waals surface area contributed by atoms with Crippen LogP contribution in [0.25, 0.3) is 0 Å². The molecule has 0 spiro atoms. The second kappa shape index (κ2) is 6.41. The van der Waals surface area contributed by atoms with Crippen molar-refractivity contribution >= 4 is 5.91 Å². The Morgan fingerprint density at radius 1 is 1.53 bits per heavy atom. The van der Waals surface area contributed by atoms with E-state index in [1.807, 2.05) is 0 Å². The van der Waals surface area contributed by atoms with Gasteiger partial charge in [-0.3, -0.25) is 4.79 Å². The number of hydrogen-bond acceptors (Lipinski definition) is 3. The number of rotatable bonds is 5. The van der Waals surface area contributed by atoms with Gasteiger partial charge < -0.3 is 10.6 Å². The first-order valence-electron chi connectivity index (χ1n) is 5.61. The normalized spacial score (nSPS) is 24.8. The van der Waals surface area contributed by atoms with E-state index in [0.717, 1.165) is 25.9 Å². The zero-order valence-electron chi connectivity index (χ0n) is 9.25. The van der Waals surface area contributed by atoms with Crippen molar-refractivity contribution in [2.24, 2.45) is 11.8 Å². The van der Waals surface area contributed by atoms with Crippen molar-refractivity contribution < 1.29 is 4.79 Å². The minimum absolute atomic E-state index is 0.126. The second-order valence-electron chi connectivity index (χ2n) is 4.15. The molecule has 0 bridgehead atoms. The van der Waals surface area contributed by atoms with Crippen molar-refractivity contribution in [3.8, 4) is 6.07 Å². The Kier molecular flexibility index (Phi) is 5.13. The molecule has 4 nitrogen and oxygen atoms in total. The number of carbonyl (C=O) groups excluding carboxylic acids is 1. The van der Waals surface area contributed by atoms with E-state index in [-0.39, 0.29) is 11.8 Å². The lowest BCUT2D eigenvalue weighted by molar-refractivity contribution is -0.125. The van der Waals surface area contributed by atoms with E-state index in [9.17, 15) is 4.79 Å². The Hall–Kier alpha value is -1.08. The van der Waals surface area contributed by atoms with Crippen molar-refractivity contribution in [2.45, 2.75) is 26.2 Å². The lowest BCUT2D eigenvalue weighted by atomic mass is 9.97. The highest BCUT2D eigenvalue weighted by molar-refractivity contribution is 5.79. The van der Waals surface area contributed by atoms with Gasteiger partial charge in [0.05, 0.1) is 12.0 Å². The summed E-state index contributed by atoms with van der Waals surface area (Å²) in [5, 5.41) is 14.5. The minimum atomic E-state index is 0.126. The van der Waals surface area contributed by atoms with Gasteiger partial charge in [0, 0.05) is 19.5 Å². The molecule has 0 unspecified atom stereocenters. The Bertz CT molecular complexity index is 247. The second-order valence-corrected chi connectivity index (χ2v) is 4.15. The molecule has 0 aromatic rings. The minimum Gasteiger partial charge on any atom is -0.356 e. The van der Waals surface area contributed by atoms with E-state index >= 15 is 0 Å². The van der Waals surface area contributed by atoms with Gasteiger partial charge in [0.25, 0.3) is 0 Å². The maximum absolute atomic E-state index is 11.7. The molecule has 1 rings (SSSR count). The van der Waals surface area contributed by atoms with Gasteiger partial charge >= 0.3 is 0 Å². The number of amides is 1. The molecule has 0 saturated carbocycles. The van der Waals surface area contributed by atoms with Crippen LogP contribution in [0.2, 0.25) is 0 Å². The highest BCUT2D eigenvalue weighted by Gasteiger charge is 2.28. The molecular weight excluding hydrogens is 190 g/mol. The molecule has 0 radical (unpaired) electrons. The summed E-state index contributed by atoms with van der Waals surface area (Å²) in [6, 6.07) is 2.10. The Morgan fingerprint density at radius 3 is 2.93 bits per heavy atom. The van der Waals surface area contributed by atoms with Crippen molar-refractivity contribution in [1.82, 2.24) is 10.6 Å². The summed E-state index contributed by atoms with van der Waals surface area (Å²) in [4.78, 5) is 11.7. The zero-order valence-corrected chi connectivity index (χ0v) is 9.25. The van der Waals surface area contributed by atoms with Crippen molar-refractivity contribution in [3.63, 3.8) is 0 Å². The van der Waals surface area contributed by atoms with E-state index < -0.39 is 0 Å². The van der Waals surface area contributed by atoms with Gasteiger partial charge in [0.2, 0.25) is 5.91 Å². The Balaban J connectivity index is 2.11. The summed E-state index contributed by atoms with van der Waals surface area (Å²) in [5.74, 6) is 0.717. The van der Waals surface area contributed by atoms with Gasteiger partial charge in [-0.1, -0.05) is 6.92 Å². The zero-order chi connectivity index (χ0) is 11.1. The molecule has 1 aliphatic rings. The number of nitrogens with zero attached hydrogens (tertiary/aromatic N) is 1. The molecular formula is C11H19N3O. The molecule has 4 heteroatoms. The first kappa shape index (κ1) is 12.0. The van der Waals surface area contributed by atoms with Crippen LogP contribution in [-0.4, -0.2) is 25.5 Å². The monoisotopic (exact) mass is 209 g/mol. The topological polar surface area (TPSA) is 64.9 Å². The van der Waals surface area contributed by atoms with Crippen LogP contribution in [0.3, 0.4) is 0 Å². The summed E-state index contributed by atoms with van der Waals surface area (Å²) in [6.07, 6.45) is 2.35. The quantitative estimate of drug-likeness (QED) is 0.653. The summed E-state index contributed by atoms with van der Waals surface area (Å²) >= 11 is 0. The fourth-order valence-electron chi connectivity index (χ4n) is 1.83.